The van der Waals surface area contributed by atoms with E-state index < -0.39 is 5.56 Å². The van der Waals surface area contributed by atoms with Crippen molar-refractivity contribution in [1.82, 2.24) is 9.97 Å². The lowest BCUT2D eigenvalue weighted by atomic mass is 10.1. The SMILES string of the molecule is CC(=O)Nc1c(Cc2c[nH]c3ccccc23)[nH]c(=O)c(CC(C)C)[n+]1[O-]. The number of hydrogen-bond donors (Lipinski definition) is 3. The Balaban J connectivity index is 2.10. The molecule has 0 aliphatic heterocycles. The van der Waals surface area contributed by atoms with Gasteiger partial charge in [0, 0.05) is 36.9 Å². The molecule has 0 saturated carbocycles. The van der Waals surface area contributed by atoms with Gasteiger partial charge in [-0.05, 0) is 17.5 Å². The molecule has 3 rings (SSSR count). The predicted octanol–water partition coefficient (Wildman–Crippen LogP) is 2.24. The predicted molar refractivity (Wildman–Crippen MR) is 100.0 cm³/mol. The van der Waals surface area contributed by atoms with Gasteiger partial charge >= 0.3 is 11.7 Å². The van der Waals surface area contributed by atoms with Gasteiger partial charge < -0.3 is 15.2 Å². The smallest absolute Gasteiger partial charge is 0.305 e. The molecule has 0 fully saturated rings. The Bertz CT molecular complexity index is 1020. The first-order valence-electron chi connectivity index (χ1n) is 8.57. The molecule has 2 aromatic heterocycles. The van der Waals surface area contributed by atoms with Crippen LogP contribution in [0.25, 0.3) is 10.9 Å². The summed E-state index contributed by atoms with van der Waals surface area (Å²) in [6.07, 6.45) is 2.50. The van der Waals surface area contributed by atoms with Crippen molar-refractivity contribution in [2.75, 3.05) is 5.32 Å². The van der Waals surface area contributed by atoms with E-state index in [-0.39, 0.29) is 23.3 Å². The molecule has 1 aromatic carbocycles. The molecule has 0 spiro atoms. The Morgan fingerprint density at radius 1 is 1.31 bits per heavy atom. The van der Waals surface area contributed by atoms with Gasteiger partial charge in [0.25, 0.3) is 5.56 Å². The van der Waals surface area contributed by atoms with Crippen molar-refractivity contribution >= 4 is 22.6 Å². The van der Waals surface area contributed by atoms with Gasteiger partial charge in [0.2, 0.25) is 0 Å². The van der Waals surface area contributed by atoms with Gasteiger partial charge in [-0.2, -0.15) is 0 Å². The lowest BCUT2D eigenvalue weighted by Gasteiger charge is -2.16. The molecule has 3 N–H and O–H groups in total. The Kier molecular flexibility index (Phi) is 4.79. The summed E-state index contributed by atoms with van der Waals surface area (Å²) in [6.45, 7) is 5.19. The highest BCUT2D eigenvalue weighted by Crippen LogP contribution is 2.22. The molecule has 0 aliphatic carbocycles. The van der Waals surface area contributed by atoms with Crippen LogP contribution in [0.1, 0.15) is 37.7 Å². The zero-order valence-corrected chi connectivity index (χ0v) is 15.1. The van der Waals surface area contributed by atoms with E-state index in [4.69, 9.17) is 0 Å². The lowest BCUT2D eigenvalue weighted by Crippen LogP contribution is -2.45. The number of para-hydroxylation sites is 1. The van der Waals surface area contributed by atoms with Crippen molar-refractivity contribution in [3.8, 4) is 0 Å². The van der Waals surface area contributed by atoms with E-state index >= 15 is 0 Å². The van der Waals surface area contributed by atoms with Crippen LogP contribution < -0.4 is 15.6 Å². The third-order valence-electron chi connectivity index (χ3n) is 4.20. The molecule has 7 heteroatoms. The summed E-state index contributed by atoms with van der Waals surface area (Å²) in [5.74, 6) is -0.142. The van der Waals surface area contributed by atoms with Gasteiger partial charge in [-0.1, -0.05) is 32.0 Å². The number of aromatic nitrogens is 3. The summed E-state index contributed by atoms with van der Waals surface area (Å²) in [4.78, 5) is 30.0. The van der Waals surface area contributed by atoms with Crippen molar-refractivity contribution in [2.24, 2.45) is 5.92 Å². The summed E-state index contributed by atoms with van der Waals surface area (Å²) in [7, 11) is 0. The fraction of sp³-hybridized carbons (Fsp3) is 0.316. The first-order valence-corrected chi connectivity index (χ1v) is 8.57. The van der Waals surface area contributed by atoms with Crippen LogP contribution in [-0.2, 0) is 17.6 Å². The van der Waals surface area contributed by atoms with E-state index in [1.54, 1.807) is 0 Å². The number of carbonyl (C=O) groups is 1. The number of fused-ring (bicyclic) bond motifs is 1. The third kappa shape index (κ3) is 3.46. The number of aromatic amines is 2. The van der Waals surface area contributed by atoms with Crippen LogP contribution in [0, 0.1) is 11.1 Å². The molecule has 1 amide bonds. The Morgan fingerprint density at radius 3 is 2.73 bits per heavy atom. The maximum absolute atomic E-state index is 12.7. The molecule has 7 nitrogen and oxygen atoms in total. The fourth-order valence-electron chi connectivity index (χ4n) is 3.07. The number of benzene rings is 1. The average molecular weight is 354 g/mol. The van der Waals surface area contributed by atoms with Crippen molar-refractivity contribution in [2.45, 2.75) is 33.6 Å². The molecule has 0 atom stereocenters. The minimum absolute atomic E-state index is 0.0815. The summed E-state index contributed by atoms with van der Waals surface area (Å²) >= 11 is 0. The van der Waals surface area contributed by atoms with Crippen LogP contribution >= 0.6 is 0 Å². The quantitative estimate of drug-likeness (QED) is 0.483. The van der Waals surface area contributed by atoms with E-state index in [1.165, 1.54) is 6.92 Å². The van der Waals surface area contributed by atoms with E-state index in [0.717, 1.165) is 16.5 Å². The second-order valence-corrected chi connectivity index (χ2v) is 6.84. The maximum Gasteiger partial charge on any atom is 0.305 e. The normalized spacial score (nSPS) is 11.2. The number of nitrogens with zero attached hydrogens (tertiary/aromatic N) is 1. The van der Waals surface area contributed by atoms with Crippen LogP contribution in [0.2, 0.25) is 0 Å². The summed E-state index contributed by atoms with van der Waals surface area (Å²) in [5.41, 5.74) is 1.97. The molecular formula is C19H22N4O3. The number of rotatable bonds is 5. The number of anilines is 1. The van der Waals surface area contributed by atoms with Crippen LogP contribution in [0.3, 0.4) is 0 Å². The molecule has 136 valence electrons. The zero-order chi connectivity index (χ0) is 18.8. The minimum atomic E-state index is -0.419. The van der Waals surface area contributed by atoms with Crippen LogP contribution in [0.5, 0.6) is 0 Å². The van der Waals surface area contributed by atoms with Crippen molar-refractivity contribution in [3.05, 3.63) is 63.0 Å². The van der Waals surface area contributed by atoms with Gasteiger partial charge in [-0.15, -0.1) is 0 Å². The first kappa shape index (κ1) is 17.7. The largest absolute Gasteiger partial charge is 0.710 e. The standard InChI is InChI=1S/C19H22N4O3/c1-11(2)8-17-19(25)22-16(18(23(17)26)21-12(3)24)9-13-10-20-15-7-5-4-6-14(13)15/h4-7,10-11,20H,8-9H2,1-3H3,(H,21,24)(H,22,25). The van der Waals surface area contributed by atoms with E-state index in [9.17, 15) is 14.8 Å². The van der Waals surface area contributed by atoms with E-state index in [1.807, 2.05) is 44.3 Å². The van der Waals surface area contributed by atoms with E-state index in [0.29, 0.717) is 23.3 Å². The molecule has 0 unspecified atom stereocenters. The molecular weight excluding hydrogens is 332 g/mol. The summed E-state index contributed by atoms with van der Waals surface area (Å²) in [6, 6.07) is 7.78. The highest BCUT2D eigenvalue weighted by atomic mass is 16.5. The van der Waals surface area contributed by atoms with Gasteiger partial charge in [-0.3, -0.25) is 4.79 Å². The molecule has 3 aromatic rings. The number of hydrogen-bond acceptors (Lipinski definition) is 3. The number of amides is 1. The number of carbonyl (C=O) groups excluding carboxylic acids is 1. The average Bonchev–Trinajstić information content (AvgIpc) is 2.98. The minimum Gasteiger partial charge on any atom is -0.710 e. The molecule has 0 bridgehead atoms. The number of H-pyrrole nitrogens is 2. The monoisotopic (exact) mass is 354 g/mol. The summed E-state index contributed by atoms with van der Waals surface area (Å²) in [5, 5.41) is 16.3. The van der Waals surface area contributed by atoms with Gasteiger partial charge in [0.15, 0.2) is 5.69 Å². The van der Waals surface area contributed by atoms with Crippen molar-refractivity contribution in [3.63, 3.8) is 0 Å². The highest BCUT2D eigenvalue weighted by molar-refractivity contribution is 5.88. The van der Waals surface area contributed by atoms with Gasteiger partial charge in [0.1, 0.15) is 5.69 Å². The Labute approximate surface area is 150 Å². The maximum atomic E-state index is 12.7. The van der Waals surface area contributed by atoms with Crippen molar-refractivity contribution in [1.29, 1.82) is 0 Å². The Morgan fingerprint density at radius 2 is 2.04 bits per heavy atom. The lowest BCUT2D eigenvalue weighted by molar-refractivity contribution is -0.601. The topological polar surface area (TPSA) is 105 Å². The van der Waals surface area contributed by atoms with Gasteiger partial charge in [-0.25, -0.2) is 14.8 Å². The fourth-order valence-corrected chi connectivity index (χ4v) is 3.07. The second kappa shape index (κ2) is 7.03. The van der Waals surface area contributed by atoms with E-state index in [2.05, 4.69) is 15.3 Å². The molecule has 0 saturated heterocycles. The zero-order valence-electron chi connectivity index (χ0n) is 15.1. The first-order chi connectivity index (χ1) is 12.4. The molecule has 0 radical (unpaired) electrons. The molecule has 2 heterocycles. The van der Waals surface area contributed by atoms with Crippen LogP contribution in [0.15, 0.2) is 35.3 Å². The summed E-state index contributed by atoms with van der Waals surface area (Å²) < 4.78 is 0.560. The Hall–Kier alpha value is -3.09. The molecule has 0 aliphatic rings. The number of nitrogens with one attached hydrogen (secondary N) is 3. The second-order valence-electron chi connectivity index (χ2n) is 6.84. The third-order valence-corrected chi connectivity index (χ3v) is 4.20. The highest BCUT2D eigenvalue weighted by Gasteiger charge is 2.22. The van der Waals surface area contributed by atoms with Crippen molar-refractivity contribution < 1.29 is 9.52 Å². The van der Waals surface area contributed by atoms with Crippen LogP contribution in [-0.4, -0.2) is 15.9 Å². The van der Waals surface area contributed by atoms with Crippen LogP contribution in [0.4, 0.5) is 5.82 Å². The molecule has 26 heavy (non-hydrogen) atoms. The van der Waals surface area contributed by atoms with Gasteiger partial charge in [0.05, 0.1) is 0 Å².